The molecule has 92 valence electrons. The minimum absolute atomic E-state index is 0.756. The van der Waals surface area contributed by atoms with E-state index in [4.69, 9.17) is 10.5 Å². The van der Waals surface area contributed by atoms with Crippen LogP contribution < -0.4 is 0 Å². The van der Waals surface area contributed by atoms with Crippen molar-refractivity contribution in [2.75, 3.05) is 0 Å². The molecular weight excluding hydrogens is 200 g/mol. The fourth-order valence-corrected chi connectivity index (χ4v) is 1.75. The molecule has 0 bridgehead atoms. The number of benzene rings is 1. The van der Waals surface area contributed by atoms with Gasteiger partial charge in [0.1, 0.15) is 0 Å². The van der Waals surface area contributed by atoms with Gasteiger partial charge < -0.3 is 0 Å². The van der Waals surface area contributed by atoms with Crippen molar-refractivity contribution >= 4 is 0 Å². The lowest BCUT2D eigenvalue weighted by Crippen LogP contribution is -1.96. The van der Waals surface area contributed by atoms with Crippen LogP contribution in [0.2, 0.25) is 0 Å². The second-order valence-electron chi connectivity index (χ2n) is 5.01. The average Bonchev–Trinajstić information content (AvgIpc) is 2.22. The molecule has 0 heterocycles. The molecule has 0 saturated heterocycles. The highest BCUT2D eigenvalue weighted by Crippen LogP contribution is 2.12. The minimum Gasteiger partial charge on any atom is -0.255 e. The normalized spacial score (nSPS) is 10.2. The third-order valence-electron chi connectivity index (χ3n) is 2.31. The van der Waals surface area contributed by atoms with Crippen LogP contribution in [0.1, 0.15) is 38.8 Å². The molecule has 2 nitrogen and oxygen atoms in total. The molecule has 0 aliphatic carbocycles. The molecule has 0 atom stereocenters. The van der Waals surface area contributed by atoms with Crippen molar-refractivity contribution in [3.8, 4) is 0 Å². The molecule has 2 N–H and O–H groups in total. The maximum atomic E-state index is 6.00. The SMILES string of the molecule is CC(C)Cc1ccc(CC(C)C)cc1.OO. The molecule has 0 spiro atoms. The van der Waals surface area contributed by atoms with E-state index in [-0.39, 0.29) is 0 Å². The lowest BCUT2D eigenvalue weighted by Gasteiger charge is -2.08. The van der Waals surface area contributed by atoms with Crippen LogP contribution in [0, 0.1) is 11.8 Å². The second kappa shape index (κ2) is 8.31. The molecule has 2 heteroatoms. The van der Waals surface area contributed by atoms with Crippen molar-refractivity contribution in [3.05, 3.63) is 35.4 Å². The third kappa shape index (κ3) is 6.59. The van der Waals surface area contributed by atoms with E-state index in [1.54, 1.807) is 0 Å². The summed E-state index contributed by atoms with van der Waals surface area (Å²) in [4.78, 5) is 0. The zero-order valence-electron chi connectivity index (χ0n) is 10.8. The summed E-state index contributed by atoms with van der Waals surface area (Å²) in [6.07, 6.45) is 2.39. The molecule has 1 aromatic carbocycles. The van der Waals surface area contributed by atoms with Gasteiger partial charge in [0.25, 0.3) is 0 Å². The van der Waals surface area contributed by atoms with Gasteiger partial charge in [-0.25, -0.2) is 0 Å². The van der Waals surface area contributed by atoms with E-state index >= 15 is 0 Å². The van der Waals surface area contributed by atoms with E-state index in [0.717, 1.165) is 11.8 Å². The highest BCUT2D eigenvalue weighted by Gasteiger charge is 1.99. The minimum atomic E-state index is 0.756. The lowest BCUT2D eigenvalue weighted by molar-refractivity contribution is -0.176. The van der Waals surface area contributed by atoms with E-state index < -0.39 is 0 Å². The first-order valence-electron chi connectivity index (χ1n) is 5.85. The van der Waals surface area contributed by atoms with E-state index in [0.29, 0.717) is 0 Å². The Morgan fingerprint density at radius 2 is 1.00 bits per heavy atom. The summed E-state index contributed by atoms with van der Waals surface area (Å²) in [5.74, 6) is 1.51. The predicted molar refractivity (Wildman–Crippen MR) is 68.8 cm³/mol. The van der Waals surface area contributed by atoms with Gasteiger partial charge in [-0.2, -0.15) is 0 Å². The maximum absolute atomic E-state index is 6.00. The van der Waals surface area contributed by atoms with E-state index in [1.807, 2.05) is 0 Å². The van der Waals surface area contributed by atoms with E-state index in [2.05, 4.69) is 52.0 Å². The predicted octanol–water partition coefficient (Wildman–Crippen LogP) is 4.10. The van der Waals surface area contributed by atoms with Gasteiger partial charge in [0.2, 0.25) is 0 Å². The molecular formula is C14H24O2. The average molecular weight is 224 g/mol. The second-order valence-corrected chi connectivity index (χ2v) is 5.01. The number of rotatable bonds is 4. The van der Waals surface area contributed by atoms with Gasteiger partial charge in [0, 0.05) is 0 Å². The summed E-state index contributed by atoms with van der Waals surface area (Å²) < 4.78 is 0. The van der Waals surface area contributed by atoms with Gasteiger partial charge in [-0.1, -0.05) is 52.0 Å². The summed E-state index contributed by atoms with van der Waals surface area (Å²) in [6.45, 7) is 9.06. The van der Waals surface area contributed by atoms with Crippen LogP contribution >= 0.6 is 0 Å². The molecule has 16 heavy (non-hydrogen) atoms. The quantitative estimate of drug-likeness (QED) is 0.597. The molecule has 0 aliphatic rings. The largest absolute Gasteiger partial charge is 0.255 e. The van der Waals surface area contributed by atoms with Crippen LogP contribution in [0.4, 0.5) is 0 Å². The van der Waals surface area contributed by atoms with Gasteiger partial charge in [-0.3, -0.25) is 10.5 Å². The molecule has 1 rings (SSSR count). The van der Waals surface area contributed by atoms with Crippen molar-refractivity contribution in [2.45, 2.75) is 40.5 Å². The molecule has 0 amide bonds. The third-order valence-corrected chi connectivity index (χ3v) is 2.31. The molecule has 0 aromatic heterocycles. The van der Waals surface area contributed by atoms with E-state index in [1.165, 1.54) is 24.0 Å². The monoisotopic (exact) mass is 224 g/mol. The van der Waals surface area contributed by atoms with Gasteiger partial charge in [0.05, 0.1) is 0 Å². The van der Waals surface area contributed by atoms with Crippen molar-refractivity contribution in [1.29, 1.82) is 0 Å². The Bertz CT molecular complexity index is 234. The standard InChI is InChI=1S/C14H22.H2O2/c1-11(2)9-13-5-7-14(8-6-13)10-12(3)4;1-2/h5-8,11-12H,9-10H2,1-4H3;1-2H. The highest BCUT2D eigenvalue weighted by molar-refractivity contribution is 5.23. The van der Waals surface area contributed by atoms with Crippen molar-refractivity contribution in [3.63, 3.8) is 0 Å². The Hall–Kier alpha value is -0.860. The Balaban J connectivity index is 0.00000106. The summed E-state index contributed by atoms with van der Waals surface area (Å²) in [6, 6.07) is 9.10. The lowest BCUT2D eigenvalue weighted by atomic mass is 9.98. The fraction of sp³-hybridized carbons (Fsp3) is 0.571. The zero-order chi connectivity index (χ0) is 12.6. The first-order valence-corrected chi connectivity index (χ1v) is 5.85. The fourth-order valence-electron chi connectivity index (χ4n) is 1.75. The van der Waals surface area contributed by atoms with Crippen LogP contribution in [-0.4, -0.2) is 10.5 Å². The number of hydrogen-bond donors (Lipinski definition) is 2. The van der Waals surface area contributed by atoms with E-state index in [9.17, 15) is 0 Å². The smallest absolute Gasteiger partial charge is 0.0256 e. The summed E-state index contributed by atoms with van der Waals surface area (Å²) in [5.41, 5.74) is 2.93. The first kappa shape index (κ1) is 15.1. The van der Waals surface area contributed by atoms with Gasteiger partial charge >= 0.3 is 0 Å². The summed E-state index contributed by atoms with van der Waals surface area (Å²) in [5, 5.41) is 12.0. The van der Waals surface area contributed by atoms with Crippen LogP contribution in [0.3, 0.4) is 0 Å². The van der Waals surface area contributed by atoms with Crippen LogP contribution in [0.25, 0.3) is 0 Å². The zero-order valence-corrected chi connectivity index (χ0v) is 10.8. The molecule has 0 unspecified atom stereocenters. The summed E-state index contributed by atoms with van der Waals surface area (Å²) in [7, 11) is 0. The first-order chi connectivity index (χ1) is 7.58. The molecule has 0 radical (unpaired) electrons. The van der Waals surface area contributed by atoms with Crippen LogP contribution in [-0.2, 0) is 12.8 Å². The Morgan fingerprint density at radius 1 is 0.750 bits per heavy atom. The van der Waals surface area contributed by atoms with Crippen LogP contribution in [0.5, 0.6) is 0 Å². The summed E-state index contributed by atoms with van der Waals surface area (Å²) >= 11 is 0. The Labute approximate surface area is 98.9 Å². The van der Waals surface area contributed by atoms with Crippen molar-refractivity contribution < 1.29 is 10.5 Å². The van der Waals surface area contributed by atoms with Gasteiger partial charge in [0.15, 0.2) is 0 Å². The molecule has 0 aliphatic heterocycles. The maximum Gasteiger partial charge on any atom is -0.0256 e. The van der Waals surface area contributed by atoms with Gasteiger partial charge in [-0.15, -0.1) is 0 Å². The van der Waals surface area contributed by atoms with Crippen molar-refractivity contribution in [2.24, 2.45) is 11.8 Å². The van der Waals surface area contributed by atoms with Gasteiger partial charge in [-0.05, 0) is 35.8 Å². The topological polar surface area (TPSA) is 40.5 Å². The van der Waals surface area contributed by atoms with Crippen molar-refractivity contribution in [1.82, 2.24) is 0 Å². The highest BCUT2D eigenvalue weighted by atomic mass is 17.0. The molecule has 1 aromatic rings. The number of hydrogen-bond acceptors (Lipinski definition) is 2. The Morgan fingerprint density at radius 3 is 1.19 bits per heavy atom. The van der Waals surface area contributed by atoms with Crippen LogP contribution in [0.15, 0.2) is 24.3 Å². The Kier molecular flexibility index (Phi) is 7.86. The molecule has 0 fully saturated rings. The molecule has 0 saturated carbocycles.